The van der Waals surface area contributed by atoms with Crippen molar-refractivity contribution in [1.29, 1.82) is 0 Å². The number of fused-ring (bicyclic) bond motifs is 1. The summed E-state index contributed by atoms with van der Waals surface area (Å²) in [5.74, 6) is -0.167. The number of nitrogens with zero attached hydrogens (tertiary/aromatic N) is 3. The topological polar surface area (TPSA) is 59.8 Å². The molecule has 1 amide bonds. The highest BCUT2D eigenvalue weighted by molar-refractivity contribution is 7.15. The number of para-hydroxylation sites is 1. The molecule has 25 heavy (non-hydrogen) atoms. The molecule has 0 radical (unpaired) electrons. The van der Waals surface area contributed by atoms with Crippen LogP contribution in [-0.2, 0) is 6.54 Å². The van der Waals surface area contributed by atoms with Gasteiger partial charge in [0.1, 0.15) is 5.01 Å². The van der Waals surface area contributed by atoms with Gasteiger partial charge in [-0.25, -0.2) is 0 Å². The van der Waals surface area contributed by atoms with Crippen LogP contribution in [0.15, 0.2) is 60.8 Å². The van der Waals surface area contributed by atoms with Gasteiger partial charge in [-0.05, 0) is 18.6 Å². The van der Waals surface area contributed by atoms with Crippen molar-refractivity contribution in [2.24, 2.45) is 0 Å². The van der Waals surface area contributed by atoms with E-state index in [1.54, 1.807) is 0 Å². The summed E-state index contributed by atoms with van der Waals surface area (Å²) in [5, 5.41) is 13.0. The maximum absolute atomic E-state index is 12.7. The Labute approximate surface area is 149 Å². The summed E-state index contributed by atoms with van der Waals surface area (Å²) in [4.78, 5) is 12.7. The monoisotopic (exact) mass is 348 g/mol. The maximum Gasteiger partial charge on any atom is 0.259 e. The van der Waals surface area contributed by atoms with Gasteiger partial charge >= 0.3 is 0 Å². The van der Waals surface area contributed by atoms with Crippen molar-refractivity contribution < 1.29 is 4.79 Å². The molecule has 2 aromatic heterocycles. The average Bonchev–Trinajstić information content (AvgIpc) is 3.20. The third-order valence-electron chi connectivity index (χ3n) is 3.98. The van der Waals surface area contributed by atoms with E-state index in [1.165, 1.54) is 16.9 Å². The standard InChI is InChI=1S/C19H16N4OS/c1-13-21-22-19(25-13)20-18(24)16-12-23(11-14-7-3-2-4-8-14)17-10-6-5-9-15(16)17/h2-10,12H,11H2,1H3,(H,20,22,24). The van der Waals surface area contributed by atoms with Crippen LogP contribution in [0, 0.1) is 6.92 Å². The van der Waals surface area contributed by atoms with Crippen molar-refractivity contribution in [2.75, 3.05) is 5.32 Å². The van der Waals surface area contributed by atoms with E-state index >= 15 is 0 Å². The van der Waals surface area contributed by atoms with Crippen LogP contribution < -0.4 is 5.32 Å². The Morgan fingerprint density at radius 2 is 1.84 bits per heavy atom. The number of nitrogens with one attached hydrogen (secondary N) is 1. The molecule has 5 nitrogen and oxygen atoms in total. The predicted molar refractivity (Wildman–Crippen MR) is 100 cm³/mol. The molecule has 124 valence electrons. The van der Waals surface area contributed by atoms with Crippen LogP contribution >= 0.6 is 11.3 Å². The number of aromatic nitrogens is 3. The highest BCUT2D eigenvalue weighted by atomic mass is 32.1. The molecule has 1 N–H and O–H groups in total. The van der Waals surface area contributed by atoms with Gasteiger partial charge in [0.25, 0.3) is 5.91 Å². The van der Waals surface area contributed by atoms with Crippen LogP contribution in [0.3, 0.4) is 0 Å². The molecule has 0 fully saturated rings. The zero-order chi connectivity index (χ0) is 17.2. The summed E-state index contributed by atoms with van der Waals surface area (Å²) >= 11 is 1.36. The van der Waals surface area contributed by atoms with Gasteiger partial charge < -0.3 is 4.57 Å². The molecule has 0 bridgehead atoms. The molecule has 4 aromatic rings. The fourth-order valence-electron chi connectivity index (χ4n) is 2.85. The zero-order valence-corrected chi connectivity index (χ0v) is 14.5. The van der Waals surface area contributed by atoms with E-state index in [-0.39, 0.29) is 5.91 Å². The van der Waals surface area contributed by atoms with Gasteiger partial charge in [-0.15, -0.1) is 10.2 Å². The molecule has 0 unspecified atom stereocenters. The number of carbonyl (C=O) groups is 1. The first-order valence-electron chi connectivity index (χ1n) is 7.94. The smallest absolute Gasteiger partial charge is 0.259 e. The number of carbonyl (C=O) groups excluding carboxylic acids is 1. The Morgan fingerprint density at radius 1 is 1.08 bits per heavy atom. The molecular weight excluding hydrogens is 332 g/mol. The van der Waals surface area contributed by atoms with Crippen LogP contribution in [0.5, 0.6) is 0 Å². The average molecular weight is 348 g/mol. The van der Waals surface area contributed by atoms with Crippen molar-refractivity contribution in [3.63, 3.8) is 0 Å². The van der Waals surface area contributed by atoms with Crippen molar-refractivity contribution in [3.8, 4) is 0 Å². The quantitative estimate of drug-likeness (QED) is 0.604. The van der Waals surface area contributed by atoms with E-state index in [4.69, 9.17) is 0 Å². The molecular formula is C19H16N4OS. The first-order chi connectivity index (χ1) is 12.2. The van der Waals surface area contributed by atoms with Gasteiger partial charge in [0, 0.05) is 23.6 Å². The molecule has 0 atom stereocenters. The number of hydrogen-bond donors (Lipinski definition) is 1. The van der Waals surface area contributed by atoms with E-state index < -0.39 is 0 Å². The van der Waals surface area contributed by atoms with Crippen molar-refractivity contribution in [2.45, 2.75) is 13.5 Å². The maximum atomic E-state index is 12.7. The second kappa shape index (κ2) is 6.49. The molecule has 0 aliphatic heterocycles. The first kappa shape index (κ1) is 15.5. The third kappa shape index (κ3) is 3.16. The number of amides is 1. The van der Waals surface area contributed by atoms with Crippen LogP contribution in [0.2, 0.25) is 0 Å². The summed E-state index contributed by atoms with van der Waals surface area (Å²) in [6, 6.07) is 18.1. The molecule has 0 spiro atoms. The Morgan fingerprint density at radius 3 is 2.60 bits per heavy atom. The molecule has 2 heterocycles. The van der Waals surface area contributed by atoms with Gasteiger partial charge in [-0.2, -0.15) is 0 Å². The molecule has 2 aromatic carbocycles. The zero-order valence-electron chi connectivity index (χ0n) is 13.6. The Hall–Kier alpha value is -2.99. The normalized spacial score (nSPS) is 10.9. The van der Waals surface area contributed by atoms with Crippen molar-refractivity contribution in [3.05, 3.63) is 76.9 Å². The highest BCUT2D eigenvalue weighted by Crippen LogP contribution is 2.24. The first-order valence-corrected chi connectivity index (χ1v) is 8.75. The number of anilines is 1. The van der Waals surface area contributed by atoms with E-state index in [1.807, 2.05) is 55.6 Å². The molecule has 0 saturated carbocycles. The molecule has 6 heteroatoms. The Balaban J connectivity index is 1.70. The Bertz CT molecular complexity index is 1040. The summed E-state index contributed by atoms with van der Waals surface area (Å²) in [6.45, 7) is 2.58. The van der Waals surface area contributed by atoms with Gasteiger partial charge in [-0.3, -0.25) is 10.1 Å². The fraction of sp³-hybridized carbons (Fsp3) is 0.105. The van der Waals surface area contributed by atoms with Gasteiger partial charge in [0.05, 0.1) is 5.56 Å². The van der Waals surface area contributed by atoms with Crippen molar-refractivity contribution >= 4 is 33.3 Å². The minimum Gasteiger partial charge on any atom is -0.342 e. The minimum atomic E-state index is -0.167. The van der Waals surface area contributed by atoms with E-state index in [0.29, 0.717) is 17.2 Å². The third-order valence-corrected chi connectivity index (χ3v) is 4.73. The van der Waals surface area contributed by atoms with E-state index in [0.717, 1.165) is 15.9 Å². The number of hydrogen-bond acceptors (Lipinski definition) is 4. The summed E-state index contributed by atoms with van der Waals surface area (Å²) in [6.07, 6.45) is 1.90. The van der Waals surface area contributed by atoms with Crippen LogP contribution in [0.25, 0.3) is 10.9 Å². The number of aryl methyl sites for hydroxylation is 1. The van der Waals surface area contributed by atoms with E-state index in [2.05, 4.69) is 32.2 Å². The number of benzene rings is 2. The summed E-state index contributed by atoms with van der Waals surface area (Å²) < 4.78 is 2.10. The molecule has 0 saturated heterocycles. The van der Waals surface area contributed by atoms with Gasteiger partial charge in [0.15, 0.2) is 0 Å². The lowest BCUT2D eigenvalue weighted by molar-refractivity contribution is 0.102. The second-order valence-electron chi connectivity index (χ2n) is 5.75. The lowest BCUT2D eigenvalue weighted by Crippen LogP contribution is -2.11. The van der Waals surface area contributed by atoms with Crippen LogP contribution in [0.4, 0.5) is 5.13 Å². The Kier molecular flexibility index (Phi) is 4.03. The van der Waals surface area contributed by atoms with Crippen molar-refractivity contribution in [1.82, 2.24) is 14.8 Å². The van der Waals surface area contributed by atoms with Crippen LogP contribution in [0.1, 0.15) is 20.9 Å². The fourth-order valence-corrected chi connectivity index (χ4v) is 3.44. The lowest BCUT2D eigenvalue weighted by atomic mass is 10.1. The molecule has 0 aliphatic rings. The lowest BCUT2D eigenvalue weighted by Gasteiger charge is -2.05. The highest BCUT2D eigenvalue weighted by Gasteiger charge is 2.16. The van der Waals surface area contributed by atoms with Crippen LogP contribution in [-0.4, -0.2) is 20.7 Å². The van der Waals surface area contributed by atoms with Gasteiger partial charge in [0.2, 0.25) is 5.13 Å². The minimum absolute atomic E-state index is 0.167. The summed E-state index contributed by atoms with van der Waals surface area (Å²) in [7, 11) is 0. The SMILES string of the molecule is Cc1nnc(NC(=O)c2cn(Cc3ccccc3)c3ccccc23)s1. The number of rotatable bonds is 4. The largest absolute Gasteiger partial charge is 0.342 e. The predicted octanol–water partition coefficient (Wildman–Crippen LogP) is 4.10. The summed E-state index contributed by atoms with van der Waals surface area (Å²) in [5.41, 5.74) is 2.86. The molecule has 4 rings (SSSR count). The van der Waals surface area contributed by atoms with E-state index in [9.17, 15) is 4.79 Å². The molecule has 0 aliphatic carbocycles. The van der Waals surface area contributed by atoms with Gasteiger partial charge in [-0.1, -0.05) is 59.9 Å². The second-order valence-corrected chi connectivity index (χ2v) is 6.94.